The zero-order valence-corrected chi connectivity index (χ0v) is 11.0. The molecule has 0 aromatic heterocycles. The van der Waals surface area contributed by atoms with Crippen LogP contribution in [0.5, 0.6) is 0 Å². The highest BCUT2D eigenvalue weighted by atomic mass is 16.5. The molecule has 0 spiro atoms. The maximum Gasteiger partial charge on any atom is 0.263 e. The maximum absolute atomic E-state index is 11.6. The lowest BCUT2D eigenvalue weighted by Gasteiger charge is -2.12. The van der Waals surface area contributed by atoms with E-state index in [1.54, 1.807) is 11.9 Å². The van der Waals surface area contributed by atoms with E-state index in [1.807, 2.05) is 13.0 Å². The summed E-state index contributed by atoms with van der Waals surface area (Å²) in [4.78, 5) is 13.2. The fourth-order valence-corrected chi connectivity index (χ4v) is 1.20. The number of hydrogen-bond donors (Lipinski definition) is 2. The van der Waals surface area contributed by atoms with Gasteiger partial charge in [0.05, 0.1) is 6.61 Å². The summed E-state index contributed by atoms with van der Waals surface area (Å²) in [5, 5.41) is 20.2. The Kier molecular flexibility index (Phi) is 9.64. The monoisotopic (exact) mass is 255 g/mol. The molecule has 0 radical (unpaired) electrons. The van der Waals surface area contributed by atoms with Crippen LogP contribution in [-0.2, 0) is 9.53 Å². The smallest absolute Gasteiger partial charge is 0.263 e. The highest BCUT2D eigenvalue weighted by Gasteiger charge is 2.08. The summed E-state index contributed by atoms with van der Waals surface area (Å²) in [6.07, 6.45) is 2.14. The second kappa shape index (κ2) is 10.6. The Labute approximate surface area is 108 Å². The number of hydrogen-bond acceptors (Lipinski definition) is 5. The molecule has 1 amide bonds. The Morgan fingerprint density at radius 3 is 2.89 bits per heavy atom. The van der Waals surface area contributed by atoms with Gasteiger partial charge in [0.1, 0.15) is 11.6 Å². The lowest BCUT2D eigenvalue weighted by molar-refractivity contribution is -0.117. The van der Waals surface area contributed by atoms with Crippen LogP contribution in [0.2, 0.25) is 0 Å². The molecular weight excluding hydrogens is 234 g/mol. The first-order valence-corrected chi connectivity index (χ1v) is 5.94. The second-order valence-corrected chi connectivity index (χ2v) is 3.67. The minimum absolute atomic E-state index is 0.0261. The van der Waals surface area contributed by atoms with Crippen LogP contribution in [-0.4, -0.2) is 55.9 Å². The van der Waals surface area contributed by atoms with Crippen molar-refractivity contribution in [2.45, 2.75) is 13.3 Å². The summed E-state index contributed by atoms with van der Waals surface area (Å²) in [6.45, 7) is 3.98. The summed E-state index contributed by atoms with van der Waals surface area (Å²) in [5.74, 6) is -0.404. The molecule has 102 valence electrons. The third-order valence-electron chi connectivity index (χ3n) is 2.12. The van der Waals surface area contributed by atoms with Crippen LogP contribution in [0.15, 0.2) is 11.8 Å². The number of carbonyl (C=O) groups excluding carboxylic acids is 1. The Morgan fingerprint density at radius 2 is 2.33 bits per heavy atom. The molecule has 0 aliphatic rings. The van der Waals surface area contributed by atoms with E-state index in [0.717, 1.165) is 0 Å². The first kappa shape index (κ1) is 16.4. The van der Waals surface area contributed by atoms with Gasteiger partial charge in [0.2, 0.25) is 0 Å². The fraction of sp³-hybridized carbons (Fsp3) is 0.667. The van der Waals surface area contributed by atoms with Crippen molar-refractivity contribution in [3.8, 4) is 6.07 Å². The van der Waals surface area contributed by atoms with E-state index in [0.29, 0.717) is 32.7 Å². The molecule has 0 fully saturated rings. The molecule has 0 saturated carbocycles. The van der Waals surface area contributed by atoms with Gasteiger partial charge in [-0.1, -0.05) is 0 Å². The lowest BCUT2D eigenvalue weighted by Crippen LogP contribution is -2.28. The number of amides is 1. The SMILES string of the molecule is CCOCCCNC(=O)/C(C#N)=C\N(C)CCO. The zero-order valence-electron chi connectivity index (χ0n) is 11.0. The second-order valence-electron chi connectivity index (χ2n) is 3.67. The van der Waals surface area contributed by atoms with Gasteiger partial charge >= 0.3 is 0 Å². The highest BCUT2D eigenvalue weighted by Crippen LogP contribution is 1.96. The predicted octanol–water partition coefficient (Wildman–Crippen LogP) is -0.139. The van der Waals surface area contributed by atoms with Crippen LogP contribution in [0, 0.1) is 11.3 Å². The number of likely N-dealkylation sites (N-methyl/N-ethyl adjacent to an activating group) is 1. The lowest BCUT2D eigenvalue weighted by atomic mass is 10.3. The van der Waals surface area contributed by atoms with Crippen molar-refractivity contribution in [3.63, 3.8) is 0 Å². The van der Waals surface area contributed by atoms with Crippen molar-refractivity contribution >= 4 is 5.91 Å². The Balaban J connectivity index is 4.08. The number of aliphatic hydroxyl groups is 1. The quantitative estimate of drug-likeness (QED) is 0.340. The van der Waals surface area contributed by atoms with E-state index >= 15 is 0 Å². The van der Waals surface area contributed by atoms with E-state index in [1.165, 1.54) is 6.20 Å². The minimum Gasteiger partial charge on any atom is -0.395 e. The molecular formula is C12H21N3O3. The number of nitrogens with zero attached hydrogens (tertiary/aromatic N) is 2. The van der Waals surface area contributed by atoms with Crippen molar-refractivity contribution in [1.82, 2.24) is 10.2 Å². The highest BCUT2D eigenvalue weighted by molar-refractivity contribution is 5.97. The van der Waals surface area contributed by atoms with E-state index in [-0.39, 0.29) is 12.2 Å². The molecule has 0 heterocycles. The standard InChI is InChI=1S/C12H21N3O3/c1-3-18-8-4-5-14-12(17)11(9-13)10-15(2)6-7-16/h10,16H,3-8H2,1-2H3,(H,14,17)/b11-10-. The van der Waals surface area contributed by atoms with Gasteiger partial charge in [-0.05, 0) is 13.3 Å². The van der Waals surface area contributed by atoms with Gasteiger partial charge in [0.25, 0.3) is 5.91 Å². The van der Waals surface area contributed by atoms with Crippen molar-refractivity contribution in [3.05, 3.63) is 11.8 Å². The molecule has 0 rings (SSSR count). The van der Waals surface area contributed by atoms with Crippen molar-refractivity contribution < 1.29 is 14.6 Å². The van der Waals surface area contributed by atoms with E-state index in [2.05, 4.69) is 5.32 Å². The first-order chi connectivity index (χ1) is 8.65. The van der Waals surface area contributed by atoms with Gasteiger partial charge in [-0.3, -0.25) is 4.79 Å². The van der Waals surface area contributed by atoms with E-state index in [4.69, 9.17) is 15.1 Å². The molecule has 0 aliphatic carbocycles. The minimum atomic E-state index is -0.404. The molecule has 2 N–H and O–H groups in total. The maximum atomic E-state index is 11.6. The molecule has 0 aliphatic heterocycles. The average Bonchev–Trinajstić information content (AvgIpc) is 2.35. The number of nitrogens with one attached hydrogen (secondary N) is 1. The van der Waals surface area contributed by atoms with Crippen LogP contribution in [0.4, 0.5) is 0 Å². The zero-order chi connectivity index (χ0) is 13.8. The Morgan fingerprint density at radius 1 is 1.61 bits per heavy atom. The van der Waals surface area contributed by atoms with Crippen LogP contribution in [0.3, 0.4) is 0 Å². The van der Waals surface area contributed by atoms with Crippen molar-refractivity contribution in [1.29, 1.82) is 5.26 Å². The number of aliphatic hydroxyl groups excluding tert-OH is 1. The van der Waals surface area contributed by atoms with Crippen LogP contribution in [0.25, 0.3) is 0 Å². The molecule has 6 nitrogen and oxygen atoms in total. The Bertz CT molecular complexity index is 310. The fourth-order valence-electron chi connectivity index (χ4n) is 1.20. The Hall–Kier alpha value is -1.58. The number of ether oxygens (including phenoxy) is 1. The molecule has 18 heavy (non-hydrogen) atoms. The third-order valence-corrected chi connectivity index (χ3v) is 2.12. The van der Waals surface area contributed by atoms with Crippen LogP contribution < -0.4 is 5.32 Å². The van der Waals surface area contributed by atoms with Crippen molar-refractivity contribution in [2.75, 3.05) is 40.0 Å². The van der Waals surface area contributed by atoms with Gasteiger partial charge < -0.3 is 20.1 Å². The number of carbonyl (C=O) groups is 1. The van der Waals surface area contributed by atoms with Crippen molar-refractivity contribution in [2.24, 2.45) is 0 Å². The summed E-state index contributed by atoms with van der Waals surface area (Å²) in [6, 6.07) is 1.84. The van der Waals surface area contributed by atoms with Gasteiger partial charge in [0.15, 0.2) is 0 Å². The van der Waals surface area contributed by atoms with Gasteiger partial charge in [-0.25, -0.2) is 0 Å². The topological polar surface area (TPSA) is 85.6 Å². The van der Waals surface area contributed by atoms with Gasteiger partial charge in [-0.2, -0.15) is 5.26 Å². The van der Waals surface area contributed by atoms with E-state index in [9.17, 15) is 4.79 Å². The molecule has 0 atom stereocenters. The first-order valence-electron chi connectivity index (χ1n) is 5.94. The molecule has 0 unspecified atom stereocenters. The van der Waals surface area contributed by atoms with Crippen LogP contribution in [0.1, 0.15) is 13.3 Å². The summed E-state index contributed by atoms with van der Waals surface area (Å²) in [7, 11) is 1.69. The third kappa shape index (κ3) is 7.65. The predicted molar refractivity (Wildman–Crippen MR) is 67.5 cm³/mol. The summed E-state index contributed by atoms with van der Waals surface area (Å²) >= 11 is 0. The number of rotatable bonds is 9. The van der Waals surface area contributed by atoms with Gasteiger partial charge in [0, 0.05) is 39.6 Å². The molecule has 0 saturated heterocycles. The van der Waals surface area contributed by atoms with E-state index < -0.39 is 5.91 Å². The average molecular weight is 255 g/mol. The largest absolute Gasteiger partial charge is 0.395 e. The van der Waals surface area contributed by atoms with Crippen LogP contribution >= 0.6 is 0 Å². The molecule has 0 aromatic carbocycles. The summed E-state index contributed by atoms with van der Waals surface area (Å²) < 4.78 is 5.13. The number of nitriles is 1. The normalized spacial score (nSPS) is 10.9. The molecule has 0 bridgehead atoms. The van der Waals surface area contributed by atoms with Gasteiger partial charge in [-0.15, -0.1) is 0 Å². The summed E-state index contributed by atoms with van der Waals surface area (Å²) in [5.41, 5.74) is 0.0300. The molecule has 6 heteroatoms. The molecule has 0 aromatic rings.